The quantitative estimate of drug-likeness (QED) is 0.826. The number of carboxylic acid groups (broad SMARTS) is 1. The zero-order chi connectivity index (χ0) is 13.1. The van der Waals surface area contributed by atoms with Gasteiger partial charge in [0.15, 0.2) is 5.15 Å². The molecule has 0 atom stereocenters. The molecule has 0 aliphatic carbocycles. The van der Waals surface area contributed by atoms with E-state index in [4.69, 9.17) is 22.4 Å². The molecule has 2 aromatic rings. The number of anilines is 1. The van der Waals surface area contributed by atoms with E-state index in [1.54, 1.807) is 16.7 Å². The van der Waals surface area contributed by atoms with Crippen molar-refractivity contribution in [2.75, 3.05) is 5.73 Å². The molecule has 0 aliphatic heterocycles. The van der Waals surface area contributed by atoms with E-state index in [1.165, 1.54) is 6.33 Å². The fourth-order valence-corrected chi connectivity index (χ4v) is 1.88. The summed E-state index contributed by atoms with van der Waals surface area (Å²) in [6.45, 7) is 0.516. The Morgan fingerprint density at radius 2 is 2.06 bits per heavy atom. The highest BCUT2D eigenvalue weighted by Crippen LogP contribution is 2.16. The van der Waals surface area contributed by atoms with Gasteiger partial charge in [-0.15, -0.1) is 0 Å². The van der Waals surface area contributed by atoms with Gasteiger partial charge in [-0.25, -0.2) is 4.98 Å². The van der Waals surface area contributed by atoms with Crippen molar-refractivity contribution in [3.8, 4) is 0 Å². The van der Waals surface area contributed by atoms with Crippen LogP contribution >= 0.6 is 11.6 Å². The van der Waals surface area contributed by atoms with Crippen molar-refractivity contribution in [3.63, 3.8) is 0 Å². The van der Waals surface area contributed by atoms with Gasteiger partial charge in [-0.1, -0.05) is 23.7 Å². The van der Waals surface area contributed by atoms with Crippen LogP contribution in [0.15, 0.2) is 30.6 Å². The molecule has 94 valence electrons. The summed E-state index contributed by atoms with van der Waals surface area (Å²) < 4.78 is 1.72. The Bertz CT molecular complexity index is 563. The summed E-state index contributed by atoms with van der Waals surface area (Å²) in [5, 5.41) is 9.05. The first-order valence-electron chi connectivity index (χ1n) is 5.32. The Hall–Kier alpha value is -2.01. The maximum absolute atomic E-state index is 10.8. The minimum absolute atomic E-state index is 0.145. The van der Waals surface area contributed by atoms with E-state index in [2.05, 4.69) is 4.98 Å². The average molecular weight is 266 g/mol. The number of benzene rings is 1. The summed E-state index contributed by atoms with van der Waals surface area (Å²) in [6.07, 6.45) is 1.39. The second-order valence-electron chi connectivity index (χ2n) is 3.92. The summed E-state index contributed by atoms with van der Waals surface area (Å²) >= 11 is 5.87. The second-order valence-corrected chi connectivity index (χ2v) is 4.28. The smallest absolute Gasteiger partial charge is 0.309 e. The van der Waals surface area contributed by atoms with Gasteiger partial charge in [0, 0.05) is 12.2 Å². The summed E-state index contributed by atoms with van der Waals surface area (Å²) in [4.78, 5) is 14.7. The Balaban J connectivity index is 2.23. The largest absolute Gasteiger partial charge is 0.481 e. The van der Waals surface area contributed by atoms with Gasteiger partial charge in [0.2, 0.25) is 0 Å². The molecule has 0 aliphatic rings. The summed E-state index contributed by atoms with van der Waals surface area (Å²) in [5.74, 6) is -0.934. The summed E-state index contributed by atoms with van der Waals surface area (Å²) in [6, 6.07) is 7.36. The Morgan fingerprint density at radius 1 is 1.39 bits per heavy atom. The van der Waals surface area contributed by atoms with Crippen molar-refractivity contribution < 1.29 is 9.90 Å². The lowest BCUT2D eigenvalue weighted by molar-refractivity contribution is -0.136. The average Bonchev–Trinajstić information content (AvgIpc) is 2.64. The Labute approximate surface area is 109 Å². The summed E-state index contributed by atoms with van der Waals surface area (Å²) in [5.41, 5.74) is 7.80. The van der Waals surface area contributed by atoms with Crippen LogP contribution in [-0.4, -0.2) is 20.6 Å². The van der Waals surface area contributed by atoms with Crippen LogP contribution in [0, 0.1) is 0 Å². The molecule has 0 saturated carbocycles. The number of nitrogen functional groups attached to an aromatic ring is 1. The van der Waals surface area contributed by atoms with Gasteiger partial charge >= 0.3 is 5.97 Å². The first-order chi connectivity index (χ1) is 8.56. The molecule has 0 fully saturated rings. The number of aliphatic carboxylic acids is 1. The fraction of sp³-hybridized carbons (Fsp3) is 0.167. The molecule has 5 nitrogen and oxygen atoms in total. The van der Waals surface area contributed by atoms with E-state index >= 15 is 0 Å². The van der Waals surface area contributed by atoms with E-state index < -0.39 is 5.97 Å². The highest BCUT2D eigenvalue weighted by Gasteiger charge is 2.12. The van der Waals surface area contributed by atoms with Gasteiger partial charge in [0.1, 0.15) is 0 Å². The lowest BCUT2D eigenvalue weighted by atomic mass is 10.2. The van der Waals surface area contributed by atoms with Crippen molar-refractivity contribution in [1.82, 2.24) is 9.55 Å². The van der Waals surface area contributed by atoms with Crippen molar-refractivity contribution in [3.05, 3.63) is 47.0 Å². The van der Waals surface area contributed by atoms with Gasteiger partial charge in [-0.05, 0) is 17.7 Å². The van der Waals surface area contributed by atoms with E-state index in [0.29, 0.717) is 17.9 Å². The predicted molar refractivity (Wildman–Crippen MR) is 68.5 cm³/mol. The maximum Gasteiger partial charge on any atom is 0.309 e. The molecule has 2 rings (SSSR count). The van der Waals surface area contributed by atoms with Gasteiger partial charge in [-0.2, -0.15) is 0 Å². The highest BCUT2D eigenvalue weighted by molar-refractivity contribution is 6.30. The van der Waals surface area contributed by atoms with Gasteiger partial charge in [-0.3, -0.25) is 4.79 Å². The molecule has 0 radical (unpaired) electrons. The topological polar surface area (TPSA) is 81.1 Å². The predicted octanol–water partition coefficient (Wildman–Crippen LogP) is 1.79. The lowest BCUT2D eigenvalue weighted by Crippen LogP contribution is -2.09. The minimum Gasteiger partial charge on any atom is -0.481 e. The number of nitrogens with two attached hydrogens (primary N) is 1. The molecule has 0 saturated heterocycles. The fourth-order valence-electron chi connectivity index (χ4n) is 1.66. The standard InChI is InChI=1S/C12H12ClN3O2/c13-12-10(5-11(17)18)16(7-15-12)6-8-1-3-9(14)4-2-8/h1-4,7H,5-6,14H2,(H,17,18). The minimum atomic E-state index is -0.934. The highest BCUT2D eigenvalue weighted by atomic mass is 35.5. The Morgan fingerprint density at radius 3 is 2.67 bits per heavy atom. The first kappa shape index (κ1) is 12.4. The summed E-state index contributed by atoms with van der Waals surface area (Å²) in [7, 11) is 0. The molecule has 1 aromatic carbocycles. The van der Waals surface area contributed by atoms with Crippen LogP contribution in [0.1, 0.15) is 11.3 Å². The van der Waals surface area contributed by atoms with Gasteiger partial charge < -0.3 is 15.4 Å². The second kappa shape index (κ2) is 5.10. The molecule has 0 unspecified atom stereocenters. The normalized spacial score (nSPS) is 10.5. The van der Waals surface area contributed by atoms with Crippen LogP contribution in [-0.2, 0) is 17.8 Å². The number of hydrogen-bond acceptors (Lipinski definition) is 3. The van der Waals surface area contributed by atoms with Crippen LogP contribution in [0.4, 0.5) is 5.69 Å². The third kappa shape index (κ3) is 2.81. The van der Waals surface area contributed by atoms with Crippen LogP contribution in [0.25, 0.3) is 0 Å². The number of rotatable bonds is 4. The number of halogens is 1. The number of nitrogens with zero attached hydrogens (tertiary/aromatic N) is 2. The van der Waals surface area contributed by atoms with E-state index in [0.717, 1.165) is 5.56 Å². The molecule has 3 N–H and O–H groups in total. The number of carboxylic acids is 1. The molecule has 0 bridgehead atoms. The molecule has 0 amide bonds. The Kier molecular flexibility index (Phi) is 3.53. The van der Waals surface area contributed by atoms with Crippen molar-refractivity contribution in [1.29, 1.82) is 0 Å². The maximum atomic E-state index is 10.8. The van der Waals surface area contributed by atoms with E-state index in [1.807, 2.05) is 12.1 Å². The number of hydrogen-bond donors (Lipinski definition) is 2. The molecule has 1 heterocycles. The number of imidazole rings is 1. The number of aromatic nitrogens is 2. The zero-order valence-corrected chi connectivity index (χ0v) is 10.3. The van der Waals surface area contributed by atoms with Crippen molar-refractivity contribution in [2.24, 2.45) is 0 Å². The molecular formula is C12H12ClN3O2. The first-order valence-corrected chi connectivity index (χ1v) is 5.70. The SMILES string of the molecule is Nc1ccc(Cn2cnc(Cl)c2CC(=O)O)cc1. The van der Waals surface area contributed by atoms with Gasteiger partial charge in [0.05, 0.1) is 18.4 Å². The van der Waals surface area contributed by atoms with Gasteiger partial charge in [0.25, 0.3) is 0 Å². The van der Waals surface area contributed by atoms with Crippen LogP contribution < -0.4 is 5.73 Å². The number of carbonyl (C=O) groups is 1. The molecular weight excluding hydrogens is 254 g/mol. The van der Waals surface area contributed by atoms with E-state index in [-0.39, 0.29) is 11.6 Å². The van der Waals surface area contributed by atoms with Crippen molar-refractivity contribution >= 4 is 23.3 Å². The third-order valence-electron chi connectivity index (χ3n) is 2.55. The zero-order valence-electron chi connectivity index (χ0n) is 9.51. The molecule has 0 spiro atoms. The van der Waals surface area contributed by atoms with Crippen LogP contribution in [0.2, 0.25) is 5.15 Å². The molecule has 1 aromatic heterocycles. The van der Waals surface area contributed by atoms with Crippen LogP contribution in [0.5, 0.6) is 0 Å². The molecule has 6 heteroatoms. The van der Waals surface area contributed by atoms with Crippen molar-refractivity contribution in [2.45, 2.75) is 13.0 Å². The lowest BCUT2D eigenvalue weighted by Gasteiger charge is -2.07. The monoisotopic (exact) mass is 265 g/mol. The van der Waals surface area contributed by atoms with E-state index in [9.17, 15) is 4.79 Å². The van der Waals surface area contributed by atoms with Crippen LogP contribution in [0.3, 0.4) is 0 Å². The molecule has 18 heavy (non-hydrogen) atoms. The third-order valence-corrected chi connectivity index (χ3v) is 2.86.